The van der Waals surface area contributed by atoms with E-state index < -0.39 is 0 Å². The Morgan fingerprint density at radius 3 is 3.12 bits per heavy atom. The summed E-state index contributed by atoms with van der Waals surface area (Å²) in [4.78, 5) is 6.59. The zero-order valence-corrected chi connectivity index (χ0v) is 10.4. The molecular weight excluding hydrogens is 202 g/mol. The van der Waals surface area contributed by atoms with Gasteiger partial charge in [-0.25, -0.2) is 0 Å². The number of hydrogen-bond acceptors (Lipinski definition) is 3. The smallest absolute Gasteiger partial charge is 0.0977 e. The van der Waals surface area contributed by atoms with Crippen LogP contribution in [0.1, 0.15) is 20.3 Å². The number of ether oxygens (including phenoxy) is 1. The highest BCUT2D eigenvalue weighted by Gasteiger charge is 2.25. The van der Waals surface area contributed by atoms with Gasteiger partial charge >= 0.3 is 0 Å². The Labute approximate surface area is 98.2 Å². The lowest BCUT2D eigenvalue weighted by molar-refractivity contribution is 0.105. The molecule has 1 aliphatic rings. The van der Waals surface area contributed by atoms with Crippen LogP contribution in [0.5, 0.6) is 0 Å². The van der Waals surface area contributed by atoms with Crippen molar-refractivity contribution < 1.29 is 4.74 Å². The van der Waals surface area contributed by atoms with Crippen LogP contribution >= 0.6 is 0 Å². The normalized spacial score (nSPS) is 25.1. The van der Waals surface area contributed by atoms with Gasteiger partial charge in [-0.05, 0) is 19.3 Å². The lowest BCUT2D eigenvalue weighted by Crippen LogP contribution is -2.44. The average Bonchev–Trinajstić information content (AvgIpc) is 2.53. The molecule has 4 heteroatoms. The van der Waals surface area contributed by atoms with Crippen molar-refractivity contribution in [1.29, 1.82) is 0 Å². The van der Waals surface area contributed by atoms with Crippen LogP contribution < -0.4 is 5.73 Å². The second kappa shape index (κ2) is 6.66. The van der Waals surface area contributed by atoms with Crippen LogP contribution in [-0.4, -0.2) is 43.2 Å². The van der Waals surface area contributed by atoms with Crippen LogP contribution in [0.25, 0.3) is 0 Å². The van der Waals surface area contributed by atoms with Crippen LogP contribution in [0.2, 0.25) is 0 Å². The highest BCUT2D eigenvalue weighted by Crippen LogP contribution is 2.17. The van der Waals surface area contributed by atoms with Crippen molar-refractivity contribution in [2.75, 3.05) is 26.4 Å². The molecule has 1 heterocycles. The van der Waals surface area contributed by atoms with Gasteiger partial charge in [0.2, 0.25) is 0 Å². The van der Waals surface area contributed by atoms with Gasteiger partial charge in [0, 0.05) is 13.2 Å². The zero-order valence-electron chi connectivity index (χ0n) is 10.4. The highest BCUT2D eigenvalue weighted by atomic mass is 16.5. The second-order valence-corrected chi connectivity index (χ2v) is 4.17. The van der Waals surface area contributed by atoms with Gasteiger partial charge in [0.1, 0.15) is 0 Å². The predicted octanol–water partition coefficient (Wildman–Crippen LogP) is 1.23. The first-order chi connectivity index (χ1) is 7.70. The number of aliphatic imine (C=N–C) groups is 1. The fraction of sp³-hybridized carbons (Fsp3) is 0.750. The van der Waals surface area contributed by atoms with E-state index in [9.17, 15) is 0 Å². The molecule has 1 rings (SSSR count). The number of amidine groups is 1. The van der Waals surface area contributed by atoms with Crippen LogP contribution in [0.3, 0.4) is 0 Å². The standard InChI is InChI=1S/C12H23N3O/c1-4-10(2)12-8-16-7-5-6-15(12)11(3)14-9-13/h4,10,12H,1,5-9,13H2,2-3H3. The van der Waals surface area contributed by atoms with Gasteiger partial charge in [-0.1, -0.05) is 13.0 Å². The lowest BCUT2D eigenvalue weighted by atomic mass is 10.0. The van der Waals surface area contributed by atoms with E-state index in [0.717, 1.165) is 32.0 Å². The molecule has 1 fully saturated rings. The van der Waals surface area contributed by atoms with E-state index in [4.69, 9.17) is 10.5 Å². The van der Waals surface area contributed by atoms with E-state index in [1.54, 1.807) is 0 Å². The van der Waals surface area contributed by atoms with Crippen molar-refractivity contribution in [1.82, 2.24) is 4.90 Å². The quantitative estimate of drug-likeness (QED) is 0.446. The van der Waals surface area contributed by atoms with Crippen molar-refractivity contribution in [2.24, 2.45) is 16.6 Å². The third-order valence-electron chi connectivity index (χ3n) is 3.09. The molecule has 1 aliphatic heterocycles. The van der Waals surface area contributed by atoms with Crippen LogP contribution in [-0.2, 0) is 4.74 Å². The summed E-state index contributed by atoms with van der Waals surface area (Å²) >= 11 is 0. The molecule has 0 aromatic heterocycles. The van der Waals surface area contributed by atoms with Crippen molar-refractivity contribution in [3.05, 3.63) is 12.7 Å². The molecule has 2 atom stereocenters. The average molecular weight is 225 g/mol. The maximum Gasteiger partial charge on any atom is 0.0977 e. The maximum absolute atomic E-state index is 5.61. The largest absolute Gasteiger partial charge is 0.379 e. The SMILES string of the molecule is C=CC(C)C1COCCCN1C(C)=NCN. The lowest BCUT2D eigenvalue weighted by Gasteiger charge is -2.33. The minimum atomic E-state index is 0.329. The molecule has 0 radical (unpaired) electrons. The van der Waals surface area contributed by atoms with Crippen LogP contribution in [0.4, 0.5) is 0 Å². The van der Waals surface area contributed by atoms with E-state index >= 15 is 0 Å². The van der Waals surface area contributed by atoms with Gasteiger partial charge in [0.15, 0.2) is 0 Å². The van der Waals surface area contributed by atoms with E-state index in [0.29, 0.717) is 18.6 Å². The minimum Gasteiger partial charge on any atom is -0.379 e. The minimum absolute atomic E-state index is 0.329. The third-order valence-corrected chi connectivity index (χ3v) is 3.09. The van der Waals surface area contributed by atoms with E-state index in [2.05, 4.69) is 23.4 Å². The Hall–Kier alpha value is -0.870. The predicted molar refractivity (Wildman–Crippen MR) is 67.5 cm³/mol. The highest BCUT2D eigenvalue weighted by molar-refractivity contribution is 5.80. The molecule has 0 aromatic carbocycles. The van der Waals surface area contributed by atoms with Crippen molar-refractivity contribution in [3.63, 3.8) is 0 Å². The van der Waals surface area contributed by atoms with Gasteiger partial charge < -0.3 is 15.4 Å². The van der Waals surface area contributed by atoms with Crippen LogP contribution in [0.15, 0.2) is 17.6 Å². The molecule has 92 valence electrons. The zero-order chi connectivity index (χ0) is 12.0. The molecule has 0 spiro atoms. The Bertz CT molecular complexity index is 253. The molecule has 2 unspecified atom stereocenters. The first-order valence-electron chi connectivity index (χ1n) is 5.88. The number of hydrogen-bond donors (Lipinski definition) is 1. The van der Waals surface area contributed by atoms with E-state index in [1.807, 2.05) is 13.0 Å². The molecule has 2 N–H and O–H groups in total. The van der Waals surface area contributed by atoms with Gasteiger partial charge in [0.25, 0.3) is 0 Å². The van der Waals surface area contributed by atoms with Gasteiger partial charge in [-0.3, -0.25) is 4.99 Å². The Morgan fingerprint density at radius 1 is 1.75 bits per heavy atom. The third kappa shape index (κ3) is 3.32. The molecule has 0 amide bonds. The number of nitrogens with two attached hydrogens (primary N) is 1. The van der Waals surface area contributed by atoms with Crippen molar-refractivity contribution in [2.45, 2.75) is 26.3 Å². The molecule has 4 nitrogen and oxygen atoms in total. The number of rotatable bonds is 3. The Morgan fingerprint density at radius 2 is 2.50 bits per heavy atom. The summed E-state index contributed by atoms with van der Waals surface area (Å²) < 4.78 is 5.61. The first kappa shape index (κ1) is 13.2. The molecule has 0 aliphatic carbocycles. The summed E-state index contributed by atoms with van der Waals surface area (Å²) in [6.07, 6.45) is 3.01. The van der Waals surface area contributed by atoms with E-state index in [1.165, 1.54) is 0 Å². The summed E-state index contributed by atoms with van der Waals surface area (Å²) in [6, 6.07) is 0.329. The monoisotopic (exact) mass is 225 g/mol. The first-order valence-corrected chi connectivity index (χ1v) is 5.88. The number of nitrogens with zero attached hydrogens (tertiary/aromatic N) is 2. The van der Waals surface area contributed by atoms with Gasteiger partial charge in [0.05, 0.1) is 25.2 Å². The van der Waals surface area contributed by atoms with E-state index in [-0.39, 0.29) is 0 Å². The summed E-state index contributed by atoms with van der Waals surface area (Å²) in [5.41, 5.74) is 5.46. The fourth-order valence-electron chi connectivity index (χ4n) is 2.01. The van der Waals surface area contributed by atoms with Crippen molar-refractivity contribution >= 4 is 5.84 Å². The Balaban J connectivity index is 2.80. The molecule has 0 aromatic rings. The maximum atomic E-state index is 5.61. The fourth-order valence-corrected chi connectivity index (χ4v) is 2.01. The molecule has 16 heavy (non-hydrogen) atoms. The molecule has 0 bridgehead atoms. The molecule has 0 saturated carbocycles. The summed E-state index contributed by atoms with van der Waals surface area (Å²) in [7, 11) is 0. The second-order valence-electron chi connectivity index (χ2n) is 4.17. The van der Waals surface area contributed by atoms with Crippen molar-refractivity contribution in [3.8, 4) is 0 Å². The van der Waals surface area contributed by atoms with Gasteiger partial charge in [-0.15, -0.1) is 6.58 Å². The molecular formula is C12H23N3O. The summed E-state index contributed by atoms with van der Waals surface area (Å²) in [6.45, 7) is 10.9. The van der Waals surface area contributed by atoms with Crippen LogP contribution in [0, 0.1) is 5.92 Å². The molecule has 1 saturated heterocycles. The van der Waals surface area contributed by atoms with Gasteiger partial charge in [-0.2, -0.15) is 0 Å². The Kier molecular flexibility index (Phi) is 5.49. The summed E-state index contributed by atoms with van der Waals surface area (Å²) in [5, 5.41) is 0. The topological polar surface area (TPSA) is 50.8 Å². The summed E-state index contributed by atoms with van der Waals surface area (Å²) in [5.74, 6) is 1.40.